The second kappa shape index (κ2) is 11.4. The Morgan fingerprint density at radius 3 is 2.64 bits per heavy atom. The summed E-state index contributed by atoms with van der Waals surface area (Å²) in [4.78, 5) is 2.38. The quantitative estimate of drug-likeness (QED) is 0.211. The fourth-order valence-electron chi connectivity index (χ4n) is 4.63. The zero-order valence-corrected chi connectivity index (χ0v) is 22.0. The number of morpholine rings is 1. The van der Waals surface area contributed by atoms with E-state index in [9.17, 15) is 0 Å². The number of halogens is 2. The molecule has 3 aromatic rings. The first-order chi connectivity index (χ1) is 17.6. The van der Waals surface area contributed by atoms with Gasteiger partial charge in [-0.25, -0.2) is 0 Å². The molecule has 0 atom stereocenters. The molecule has 0 amide bonds. The van der Waals surface area contributed by atoms with Crippen molar-refractivity contribution in [3.05, 3.63) is 93.1 Å². The smallest absolute Gasteiger partial charge is 0.191 e. The van der Waals surface area contributed by atoms with Crippen LogP contribution in [0.1, 0.15) is 18.4 Å². The van der Waals surface area contributed by atoms with Crippen molar-refractivity contribution in [2.75, 3.05) is 31.6 Å². The van der Waals surface area contributed by atoms with Crippen LogP contribution in [0.4, 0.5) is 5.69 Å². The second-order valence-corrected chi connectivity index (χ2v) is 9.91. The molecule has 0 radical (unpaired) electrons. The van der Waals surface area contributed by atoms with Crippen molar-refractivity contribution in [2.24, 2.45) is 5.10 Å². The fourth-order valence-corrected chi connectivity index (χ4v) is 5.26. The monoisotopic (exact) mass is 536 g/mol. The largest absolute Gasteiger partial charge is 0.378 e. The first kappa shape index (κ1) is 24.8. The van der Waals surface area contributed by atoms with Crippen LogP contribution in [0, 0.1) is 0 Å². The van der Waals surface area contributed by atoms with E-state index in [4.69, 9.17) is 40.2 Å². The minimum atomic E-state index is 0.442. The number of hydrazone groups is 1. The number of nitrogens with one attached hydrogen (secondary N) is 2. The highest BCUT2D eigenvalue weighted by atomic mass is 35.5. The van der Waals surface area contributed by atoms with Crippen molar-refractivity contribution < 1.29 is 4.74 Å². The third-order valence-electron chi connectivity index (χ3n) is 6.32. The summed E-state index contributed by atoms with van der Waals surface area (Å²) >= 11 is 18.1. The Kier molecular flexibility index (Phi) is 7.87. The molecule has 8 heteroatoms. The van der Waals surface area contributed by atoms with E-state index in [1.807, 2.05) is 42.6 Å². The molecular weight excluding hydrogens is 511 g/mol. The number of nitrogens with zero attached hydrogens (tertiary/aromatic N) is 2. The molecule has 5 rings (SSSR count). The Bertz CT molecular complexity index is 1370. The van der Waals surface area contributed by atoms with Gasteiger partial charge in [0.05, 0.1) is 19.4 Å². The van der Waals surface area contributed by atoms with Crippen LogP contribution in [0.3, 0.4) is 0 Å². The summed E-state index contributed by atoms with van der Waals surface area (Å²) in [5, 5.41) is 11.7. The summed E-state index contributed by atoms with van der Waals surface area (Å²) < 4.78 is 5.59. The van der Waals surface area contributed by atoms with Gasteiger partial charge in [-0.3, -0.25) is 5.43 Å². The van der Waals surface area contributed by atoms with E-state index in [-0.39, 0.29) is 0 Å². The molecule has 1 saturated heterocycles. The lowest BCUT2D eigenvalue weighted by molar-refractivity contribution is 0.0548. The third-order valence-corrected chi connectivity index (χ3v) is 7.07. The van der Waals surface area contributed by atoms with Crippen LogP contribution in [-0.4, -0.2) is 42.5 Å². The maximum atomic E-state index is 6.46. The Hall–Kier alpha value is -2.90. The molecule has 0 saturated carbocycles. The summed E-state index contributed by atoms with van der Waals surface area (Å²) in [6.45, 7) is 3.10. The van der Waals surface area contributed by atoms with E-state index < -0.39 is 0 Å². The van der Waals surface area contributed by atoms with Gasteiger partial charge in [0, 0.05) is 39.9 Å². The van der Waals surface area contributed by atoms with E-state index in [0.29, 0.717) is 28.4 Å². The van der Waals surface area contributed by atoms with Crippen LogP contribution in [0.5, 0.6) is 0 Å². The molecule has 0 aromatic heterocycles. The number of fused-ring (bicyclic) bond motifs is 1. The van der Waals surface area contributed by atoms with Crippen molar-refractivity contribution in [3.63, 3.8) is 0 Å². The second-order valence-electron chi connectivity index (χ2n) is 8.66. The minimum Gasteiger partial charge on any atom is -0.378 e. The lowest BCUT2D eigenvalue weighted by Gasteiger charge is -2.31. The molecule has 1 aliphatic heterocycles. The SMILES string of the molecule is S=C(NN=CC1=C(N2CCOCC2)/C(=C/c2ccc(Cl)cc2Cl)CC1)Nc1cccc2ccccc12. The van der Waals surface area contributed by atoms with Gasteiger partial charge in [0.25, 0.3) is 0 Å². The maximum absolute atomic E-state index is 6.46. The van der Waals surface area contributed by atoms with Gasteiger partial charge in [-0.15, -0.1) is 0 Å². The van der Waals surface area contributed by atoms with Crippen LogP contribution in [0.25, 0.3) is 16.8 Å². The van der Waals surface area contributed by atoms with Crippen molar-refractivity contribution in [2.45, 2.75) is 12.8 Å². The Morgan fingerprint density at radius 1 is 1.00 bits per heavy atom. The minimum absolute atomic E-state index is 0.442. The lowest BCUT2D eigenvalue weighted by atomic mass is 10.1. The summed E-state index contributed by atoms with van der Waals surface area (Å²) in [5.74, 6) is 0. The standard InChI is InChI=1S/C28H26Cl2N4OS/c29-23-11-10-20(25(30)17-23)16-21-8-9-22(27(21)34-12-14-35-15-13-34)18-31-33-28(36)32-26-7-3-5-19-4-1-2-6-24(19)26/h1-7,10-11,16-18H,8-9,12-15H2,(H2,32,33,36)/b21-16+,31-18?. The van der Waals surface area contributed by atoms with Gasteiger partial charge < -0.3 is 15.0 Å². The number of anilines is 1. The zero-order chi connectivity index (χ0) is 24.9. The maximum Gasteiger partial charge on any atom is 0.191 e. The highest BCUT2D eigenvalue weighted by molar-refractivity contribution is 7.80. The zero-order valence-electron chi connectivity index (χ0n) is 19.6. The molecule has 184 valence electrons. The Labute approximate surface area is 226 Å². The Balaban J connectivity index is 1.35. The van der Waals surface area contributed by atoms with Crippen molar-refractivity contribution in [1.29, 1.82) is 0 Å². The summed E-state index contributed by atoms with van der Waals surface area (Å²) in [6.07, 6.45) is 5.83. The number of rotatable bonds is 5. The molecular formula is C28H26Cl2N4OS. The van der Waals surface area contributed by atoms with Crippen LogP contribution < -0.4 is 10.7 Å². The average Bonchev–Trinajstić information content (AvgIpc) is 3.28. The molecule has 0 bridgehead atoms. The van der Waals surface area contributed by atoms with Crippen molar-refractivity contribution in [3.8, 4) is 0 Å². The lowest BCUT2D eigenvalue weighted by Crippen LogP contribution is -2.36. The van der Waals surface area contributed by atoms with Gasteiger partial charge in [0.15, 0.2) is 5.11 Å². The van der Waals surface area contributed by atoms with Crippen LogP contribution >= 0.6 is 35.4 Å². The third kappa shape index (κ3) is 5.73. The molecule has 1 aliphatic carbocycles. The summed E-state index contributed by atoms with van der Waals surface area (Å²) in [5.41, 5.74) is 8.48. The Morgan fingerprint density at radius 2 is 1.81 bits per heavy atom. The molecule has 5 nitrogen and oxygen atoms in total. The van der Waals surface area contributed by atoms with Crippen molar-refractivity contribution >= 4 is 69.3 Å². The van der Waals surface area contributed by atoms with Crippen molar-refractivity contribution in [1.82, 2.24) is 10.3 Å². The molecule has 3 aromatic carbocycles. The number of allylic oxidation sites excluding steroid dienone is 2. The molecule has 0 unspecified atom stereocenters. The van der Waals surface area contributed by atoms with Gasteiger partial charge in [-0.05, 0) is 71.4 Å². The van der Waals surface area contributed by atoms with Gasteiger partial charge in [-0.2, -0.15) is 5.10 Å². The van der Waals surface area contributed by atoms with Gasteiger partial charge in [-0.1, -0.05) is 65.7 Å². The summed E-state index contributed by atoms with van der Waals surface area (Å²) in [6, 6.07) is 19.9. The normalized spacial score (nSPS) is 17.4. The highest BCUT2D eigenvalue weighted by Crippen LogP contribution is 2.36. The predicted octanol–water partition coefficient (Wildman–Crippen LogP) is 6.88. The molecule has 0 spiro atoms. The topological polar surface area (TPSA) is 48.9 Å². The molecule has 36 heavy (non-hydrogen) atoms. The van der Waals surface area contributed by atoms with Gasteiger partial charge in [0.2, 0.25) is 0 Å². The van der Waals surface area contributed by atoms with E-state index in [1.54, 1.807) is 6.07 Å². The van der Waals surface area contributed by atoms with Gasteiger partial charge >= 0.3 is 0 Å². The van der Waals surface area contributed by atoms with Crippen LogP contribution in [0.15, 0.2) is 82.6 Å². The number of benzene rings is 3. The first-order valence-corrected chi connectivity index (χ1v) is 13.0. The molecule has 1 heterocycles. The fraction of sp³-hybridized carbons (Fsp3) is 0.214. The van der Waals surface area contributed by atoms with Gasteiger partial charge in [0.1, 0.15) is 0 Å². The number of hydrogen-bond donors (Lipinski definition) is 2. The predicted molar refractivity (Wildman–Crippen MR) is 155 cm³/mol. The molecule has 1 fully saturated rings. The number of thiocarbonyl (C=S) groups is 1. The summed E-state index contributed by atoms with van der Waals surface area (Å²) in [7, 11) is 0. The number of hydrogen-bond acceptors (Lipinski definition) is 4. The average molecular weight is 538 g/mol. The van der Waals surface area contributed by atoms with E-state index in [2.05, 4.69) is 45.0 Å². The molecule has 2 N–H and O–H groups in total. The number of ether oxygens (including phenoxy) is 1. The van der Waals surface area contributed by atoms with E-state index in [1.165, 1.54) is 11.3 Å². The van der Waals surface area contributed by atoms with Crippen LogP contribution in [0.2, 0.25) is 10.0 Å². The van der Waals surface area contributed by atoms with E-state index >= 15 is 0 Å². The van der Waals surface area contributed by atoms with E-state index in [0.717, 1.165) is 53.5 Å². The highest BCUT2D eigenvalue weighted by Gasteiger charge is 2.25. The first-order valence-electron chi connectivity index (χ1n) is 11.9. The van der Waals surface area contributed by atoms with Crippen LogP contribution in [-0.2, 0) is 4.74 Å². The molecule has 2 aliphatic rings.